The Morgan fingerprint density at radius 1 is 1.08 bits per heavy atom. The Bertz CT molecular complexity index is 1020. The number of amides is 1. The number of hydrogen-bond acceptors (Lipinski definition) is 3. The molecule has 0 saturated carbocycles. The Morgan fingerprint density at radius 2 is 1.77 bits per heavy atom. The number of para-hydroxylation sites is 1. The standard InChI is InChI=1S/C20H22N2O3S/c1-15(16-7-9-18(10-8-16)26(2,24)25)21-20(23)12-14-22-13-11-17-5-3-4-6-19(17)22/h3-11,13,15H,12,14H2,1-2H3,(H,21,23). The smallest absolute Gasteiger partial charge is 0.222 e. The van der Waals surface area contributed by atoms with Crippen molar-refractivity contribution in [1.29, 1.82) is 0 Å². The number of nitrogens with zero attached hydrogens (tertiary/aromatic N) is 1. The number of aryl methyl sites for hydroxylation is 1. The van der Waals surface area contributed by atoms with E-state index in [1.54, 1.807) is 24.3 Å². The van der Waals surface area contributed by atoms with Crippen LogP contribution in [0.4, 0.5) is 0 Å². The summed E-state index contributed by atoms with van der Waals surface area (Å²) in [6.45, 7) is 2.50. The lowest BCUT2D eigenvalue weighted by molar-refractivity contribution is -0.121. The first-order chi connectivity index (χ1) is 12.3. The summed E-state index contributed by atoms with van der Waals surface area (Å²) in [5.74, 6) is -0.0394. The Hall–Kier alpha value is -2.60. The molecule has 0 fully saturated rings. The molecule has 0 bridgehead atoms. The van der Waals surface area contributed by atoms with Gasteiger partial charge in [0.05, 0.1) is 10.9 Å². The highest BCUT2D eigenvalue weighted by molar-refractivity contribution is 7.90. The zero-order valence-electron chi connectivity index (χ0n) is 14.8. The second-order valence-electron chi connectivity index (χ2n) is 6.45. The number of nitrogens with one attached hydrogen (secondary N) is 1. The maximum Gasteiger partial charge on any atom is 0.222 e. The highest BCUT2D eigenvalue weighted by atomic mass is 32.2. The molecule has 1 aromatic heterocycles. The van der Waals surface area contributed by atoms with Crippen molar-refractivity contribution < 1.29 is 13.2 Å². The number of carbonyl (C=O) groups is 1. The van der Waals surface area contributed by atoms with Crippen molar-refractivity contribution in [3.8, 4) is 0 Å². The molecular weight excluding hydrogens is 348 g/mol. The zero-order chi connectivity index (χ0) is 18.7. The van der Waals surface area contributed by atoms with E-state index in [-0.39, 0.29) is 16.8 Å². The molecule has 1 amide bonds. The Balaban J connectivity index is 1.59. The van der Waals surface area contributed by atoms with Crippen LogP contribution in [0.5, 0.6) is 0 Å². The van der Waals surface area contributed by atoms with Crippen LogP contribution in [0.3, 0.4) is 0 Å². The Kier molecular flexibility index (Phi) is 5.13. The molecule has 136 valence electrons. The summed E-state index contributed by atoms with van der Waals surface area (Å²) < 4.78 is 25.1. The summed E-state index contributed by atoms with van der Waals surface area (Å²) in [5, 5.41) is 4.12. The summed E-state index contributed by atoms with van der Waals surface area (Å²) in [7, 11) is -3.21. The molecule has 0 aliphatic rings. The fourth-order valence-corrected chi connectivity index (χ4v) is 3.59. The van der Waals surface area contributed by atoms with Gasteiger partial charge in [-0.3, -0.25) is 4.79 Å². The molecule has 0 aliphatic carbocycles. The fourth-order valence-electron chi connectivity index (χ4n) is 2.96. The summed E-state index contributed by atoms with van der Waals surface area (Å²) in [4.78, 5) is 12.5. The van der Waals surface area contributed by atoms with Crippen LogP contribution in [0.25, 0.3) is 10.9 Å². The molecule has 5 nitrogen and oxygen atoms in total. The average Bonchev–Trinajstić information content (AvgIpc) is 3.02. The first-order valence-corrected chi connectivity index (χ1v) is 10.4. The predicted molar refractivity (Wildman–Crippen MR) is 103 cm³/mol. The SMILES string of the molecule is CC(NC(=O)CCn1ccc2ccccc21)c1ccc(S(C)(=O)=O)cc1. The van der Waals surface area contributed by atoms with E-state index < -0.39 is 9.84 Å². The highest BCUT2D eigenvalue weighted by Crippen LogP contribution is 2.17. The van der Waals surface area contributed by atoms with E-state index in [9.17, 15) is 13.2 Å². The van der Waals surface area contributed by atoms with Crippen molar-refractivity contribution in [1.82, 2.24) is 9.88 Å². The number of hydrogen-bond donors (Lipinski definition) is 1. The van der Waals surface area contributed by atoms with Crippen molar-refractivity contribution in [2.45, 2.75) is 30.8 Å². The van der Waals surface area contributed by atoms with Gasteiger partial charge in [-0.05, 0) is 42.1 Å². The van der Waals surface area contributed by atoms with Gasteiger partial charge in [-0.1, -0.05) is 30.3 Å². The lowest BCUT2D eigenvalue weighted by atomic mass is 10.1. The lowest BCUT2D eigenvalue weighted by Gasteiger charge is -2.15. The van der Waals surface area contributed by atoms with Crippen LogP contribution < -0.4 is 5.32 Å². The minimum Gasteiger partial charge on any atom is -0.350 e. The van der Waals surface area contributed by atoms with E-state index >= 15 is 0 Å². The van der Waals surface area contributed by atoms with Crippen LogP contribution in [0.15, 0.2) is 65.7 Å². The maximum atomic E-state index is 12.3. The van der Waals surface area contributed by atoms with Gasteiger partial charge in [0, 0.05) is 30.9 Å². The van der Waals surface area contributed by atoms with Crippen molar-refractivity contribution >= 4 is 26.6 Å². The number of carbonyl (C=O) groups excluding carboxylic acids is 1. The van der Waals surface area contributed by atoms with E-state index in [0.717, 1.165) is 16.5 Å². The van der Waals surface area contributed by atoms with Gasteiger partial charge in [0.1, 0.15) is 0 Å². The molecule has 3 aromatic rings. The monoisotopic (exact) mass is 370 g/mol. The van der Waals surface area contributed by atoms with Gasteiger partial charge in [-0.25, -0.2) is 8.42 Å². The average molecular weight is 370 g/mol. The third kappa shape index (κ3) is 4.14. The number of sulfone groups is 1. The highest BCUT2D eigenvalue weighted by Gasteiger charge is 2.12. The van der Waals surface area contributed by atoms with Crippen LogP contribution in [-0.4, -0.2) is 25.1 Å². The van der Waals surface area contributed by atoms with Gasteiger partial charge in [0.15, 0.2) is 9.84 Å². The largest absolute Gasteiger partial charge is 0.350 e. The zero-order valence-corrected chi connectivity index (χ0v) is 15.7. The van der Waals surface area contributed by atoms with Crippen LogP contribution in [0.1, 0.15) is 24.9 Å². The maximum absolute atomic E-state index is 12.3. The molecule has 1 N–H and O–H groups in total. The van der Waals surface area contributed by atoms with Gasteiger partial charge in [0.25, 0.3) is 0 Å². The normalized spacial score (nSPS) is 12.8. The van der Waals surface area contributed by atoms with Crippen LogP contribution >= 0.6 is 0 Å². The van der Waals surface area contributed by atoms with Crippen LogP contribution in [0.2, 0.25) is 0 Å². The molecule has 26 heavy (non-hydrogen) atoms. The van der Waals surface area contributed by atoms with E-state index in [2.05, 4.69) is 9.88 Å². The molecule has 0 aliphatic heterocycles. The van der Waals surface area contributed by atoms with Crippen molar-refractivity contribution in [2.75, 3.05) is 6.26 Å². The van der Waals surface area contributed by atoms with Crippen molar-refractivity contribution in [2.24, 2.45) is 0 Å². The minimum atomic E-state index is -3.21. The second kappa shape index (κ2) is 7.33. The summed E-state index contributed by atoms with van der Waals surface area (Å²) >= 11 is 0. The Morgan fingerprint density at radius 3 is 2.46 bits per heavy atom. The van der Waals surface area contributed by atoms with Crippen molar-refractivity contribution in [3.63, 3.8) is 0 Å². The Labute approximate surface area is 153 Å². The number of rotatable bonds is 6. The third-order valence-corrected chi connectivity index (χ3v) is 5.57. The third-order valence-electron chi connectivity index (χ3n) is 4.45. The molecule has 0 saturated heterocycles. The second-order valence-corrected chi connectivity index (χ2v) is 8.46. The summed E-state index contributed by atoms with van der Waals surface area (Å²) in [6.07, 6.45) is 3.55. The molecular formula is C20H22N2O3S. The van der Waals surface area contributed by atoms with E-state index in [0.29, 0.717) is 13.0 Å². The number of benzene rings is 2. The molecule has 3 rings (SSSR count). The first-order valence-electron chi connectivity index (χ1n) is 8.48. The molecule has 1 heterocycles. The number of aromatic nitrogens is 1. The van der Waals surface area contributed by atoms with E-state index in [1.165, 1.54) is 6.26 Å². The molecule has 2 aromatic carbocycles. The quantitative estimate of drug-likeness (QED) is 0.724. The molecule has 6 heteroatoms. The van der Waals surface area contributed by atoms with Crippen LogP contribution in [-0.2, 0) is 21.2 Å². The van der Waals surface area contributed by atoms with Gasteiger partial charge >= 0.3 is 0 Å². The lowest BCUT2D eigenvalue weighted by Crippen LogP contribution is -2.27. The van der Waals surface area contributed by atoms with Gasteiger partial charge < -0.3 is 9.88 Å². The summed E-state index contributed by atoms with van der Waals surface area (Å²) in [6, 6.07) is 16.5. The van der Waals surface area contributed by atoms with Gasteiger partial charge in [-0.2, -0.15) is 0 Å². The van der Waals surface area contributed by atoms with Crippen LogP contribution in [0, 0.1) is 0 Å². The summed E-state index contributed by atoms with van der Waals surface area (Å²) in [5.41, 5.74) is 1.99. The number of fused-ring (bicyclic) bond motifs is 1. The minimum absolute atomic E-state index is 0.0394. The van der Waals surface area contributed by atoms with E-state index in [4.69, 9.17) is 0 Å². The van der Waals surface area contributed by atoms with E-state index in [1.807, 2.05) is 43.5 Å². The van der Waals surface area contributed by atoms with Gasteiger partial charge in [-0.15, -0.1) is 0 Å². The fraction of sp³-hybridized carbons (Fsp3) is 0.250. The molecule has 0 spiro atoms. The van der Waals surface area contributed by atoms with Crippen molar-refractivity contribution in [3.05, 3.63) is 66.4 Å². The molecule has 1 atom stereocenters. The predicted octanol–water partition coefficient (Wildman–Crippen LogP) is 3.31. The topological polar surface area (TPSA) is 68.2 Å². The molecule has 0 radical (unpaired) electrons. The first kappa shape index (κ1) is 18.2. The molecule has 1 unspecified atom stereocenters. The van der Waals surface area contributed by atoms with Gasteiger partial charge in [0.2, 0.25) is 5.91 Å².